The van der Waals surface area contributed by atoms with Crippen LogP contribution >= 0.6 is 11.6 Å². The van der Waals surface area contributed by atoms with Gasteiger partial charge in [0, 0.05) is 17.5 Å². The highest BCUT2D eigenvalue weighted by Crippen LogP contribution is 2.25. The number of hydrogen-bond acceptors (Lipinski definition) is 3. The SMILES string of the molecule is O=C(O)Cc1c(CCl)cc(OC(F)(F)F)nc1F. The summed E-state index contributed by atoms with van der Waals surface area (Å²) in [6.45, 7) is 0. The highest BCUT2D eigenvalue weighted by Gasteiger charge is 2.32. The Labute approximate surface area is 103 Å². The molecule has 0 radical (unpaired) electrons. The van der Waals surface area contributed by atoms with Crippen LogP contribution in [0.4, 0.5) is 17.6 Å². The summed E-state index contributed by atoms with van der Waals surface area (Å²) in [5, 5.41) is 8.52. The van der Waals surface area contributed by atoms with Gasteiger partial charge in [-0.05, 0) is 5.56 Å². The topological polar surface area (TPSA) is 59.4 Å². The first-order chi connectivity index (χ1) is 8.23. The first kappa shape index (κ1) is 14.5. The van der Waals surface area contributed by atoms with Gasteiger partial charge in [-0.15, -0.1) is 24.8 Å². The molecule has 100 valence electrons. The normalized spacial score (nSPS) is 11.4. The van der Waals surface area contributed by atoms with E-state index in [0.717, 1.165) is 6.07 Å². The predicted octanol–water partition coefficient (Wildman–Crippen LogP) is 2.49. The summed E-state index contributed by atoms with van der Waals surface area (Å²) in [5.74, 6) is -4.10. The van der Waals surface area contributed by atoms with Crippen LogP contribution < -0.4 is 4.74 Å². The van der Waals surface area contributed by atoms with Gasteiger partial charge >= 0.3 is 12.3 Å². The number of rotatable bonds is 4. The number of aromatic nitrogens is 1. The molecule has 0 aliphatic rings. The number of pyridine rings is 1. The van der Waals surface area contributed by atoms with Gasteiger partial charge < -0.3 is 9.84 Å². The highest BCUT2D eigenvalue weighted by atomic mass is 35.5. The number of alkyl halides is 4. The van der Waals surface area contributed by atoms with E-state index in [9.17, 15) is 22.4 Å². The van der Waals surface area contributed by atoms with E-state index < -0.39 is 30.6 Å². The fraction of sp³-hybridized carbons (Fsp3) is 0.333. The summed E-state index contributed by atoms with van der Waals surface area (Å²) < 4.78 is 52.5. The Morgan fingerprint density at radius 1 is 1.50 bits per heavy atom. The lowest BCUT2D eigenvalue weighted by atomic mass is 10.1. The molecule has 0 bridgehead atoms. The standard InChI is InChI=1S/C9H6ClF4NO3/c10-3-4-1-6(18-9(12,13)14)15-8(11)5(4)2-7(16)17/h1H,2-3H2,(H,16,17). The van der Waals surface area contributed by atoms with Crippen LogP contribution in [0.3, 0.4) is 0 Å². The predicted molar refractivity (Wildman–Crippen MR) is 51.8 cm³/mol. The zero-order valence-corrected chi connectivity index (χ0v) is 9.35. The second-order valence-electron chi connectivity index (χ2n) is 3.14. The fourth-order valence-corrected chi connectivity index (χ4v) is 1.43. The number of nitrogens with zero attached hydrogens (tertiary/aromatic N) is 1. The van der Waals surface area contributed by atoms with E-state index in [1.54, 1.807) is 0 Å². The first-order valence-corrected chi connectivity index (χ1v) is 4.98. The third kappa shape index (κ3) is 4.02. The minimum atomic E-state index is -5.02. The molecule has 18 heavy (non-hydrogen) atoms. The zero-order chi connectivity index (χ0) is 13.9. The molecule has 4 nitrogen and oxygen atoms in total. The van der Waals surface area contributed by atoms with Gasteiger partial charge in [0.25, 0.3) is 0 Å². The van der Waals surface area contributed by atoms with Gasteiger partial charge in [0.15, 0.2) is 0 Å². The van der Waals surface area contributed by atoms with Crippen LogP contribution in [-0.2, 0) is 17.1 Å². The van der Waals surface area contributed by atoms with Gasteiger partial charge in [0.05, 0.1) is 6.42 Å². The van der Waals surface area contributed by atoms with Crippen molar-refractivity contribution in [3.05, 3.63) is 23.1 Å². The largest absolute Gasteiger partial charge is 0.574 e. The van der Waals surface area contributed by atoms with Gasteiger partial charge in [-0.25, -0.2) is 0 Å². The van der Waals surface area contributed by atoms with Crippen molar-refractivity contribution in [3.8, 4) is 5.88 Å². The van der Waals surface area contributed by atoms with Crippen LogP contribution in [0.1, 0.15) is 11.1 Å². The van der Waals surface area contributed by atoms with Crippen LogP contribution in [0.25, 0.3) is 0 Å². The van der Waals surface area contributed by atoms with Crippen molar-refractivity contribution in [3.63, 3.8) is 0 Å². The maximum absolute atomic E-state index is 13.4. The second-order valence-corrected chi connectivity index (χ2v) is 3.41. The minimum absolute atomic E-state index is 0.120. The van der Waals surface area contributed by atoms with Gasteiger partial charge in [-0.3, -0.25) is 4.79 Å². The van der Waals surface area contributed by atoms with E-state index in [4.69, 9.17) is 16.7 Å². The van der Waals surface area contributed by atoms with Crippen molar-refractivity contribution in [1.29, 1.82) is 0 Å². The Hall–Kier alpha value is -1.57. The van der Waals surface area contributed by atoms with Crippen molar-refractivity contribution in [2.24, 2.45) is 0 Å². The van der Waals surface area contributed by atoms with Crippen molar-refractivity contribution < 1.29 is 32.2 Å². The van der Waals surface area contributed by atoms with Crippen LogP contribution in [0.5, 0.6) is 5.88 Å². The average molecular weight is 288 g/mol. The third-order valence-corrected chi connectivity index (χ3v) is 2.12. The van der Waals surface area contributed by atoms with Crippen LogP contribution in [-0.4, -0.2) is 22.4 Å². The summed E-state index contributed by atoms with van der Waals surface area (Å²) >= 11 is 5.41. The summed E-state index contributed by atoms with van der Waals surface area (Å²) in [7, 11) is 0. The highest BCUT2D eigenvalue weighted by molar-refractivity contribution is 6.17. The zero-order valence-electron chi connectivity index (χ0n) is 8.59. The van der Waals surface area contributed by atoms with Crippen molar-refractivity contribution in [2.75, 3.05) is 0 Å². The molecule has 1 aromatic heterocycles. The molecular weight excluding hydrogens is 282 g/mol. The van der Waals surface area contributed by atoms with Gasteiger partial charge in [-0.2, -0.15) is 9.37 Å². The fourth-order valence-electron chi connectivity index (χ4n) is 1.19. The van der Waals surface area contributed by atoms with E-state index in [1.807, 2.05) is 0 Å². The number of carboxylic acid groups (broad SMARTS) is 1. The molecule has 0 fully saturated rings. The van der Waals surface area contributed by atoms with E-state index >= 15 is 0 Å². The molecule has 0 spiro atoms. The van der Waals surface area contributed by atoms with E-state index in [0.29, 0.717) is 0 Å². The van der Waals surface area contributed by atoms with Gasteiger partial charge in [-0.1, -0.05) is 0 Å². The van der Waals surface area contributed by atoms with Crippen molar-refractivity contribution in [1.82, 2.24) is 4.98 Å². The summed E-state index contributed by atoms with van der Waals surface area (Å²) in [6.07, 6.45) is -5.75. The van der Waals surface area contributed by atoms with Crippen molar-refractivity contribution in [2.45, 2.75) is 18.7 Å². The van der Waals surface area contributed by atoms with Gasteiger partial charge in [0.2, 0.25) is 11.8 Å². The smallest absolute Gasteiger partial charge is 0.481 e. The first-order valence-electron chi connectivity index (χ1n) is 4.44. The lowest BCUT2D eigenvalue weighted by Gasteiger charge is -2.11. The lowest BCUT2D eigenvalue weighted by molar-refractivity contribution is -0.276. The van der Waals surface area contributed by atoms with E-state index in [2.05, 4.69) is 9.72 Å². The molecule has 1 rings (SSSR count). The van der Waals surface area contributed by atoms with E-state index in [-0.39, 0.29) is 17.0 Å². The Bertz CT molecular complexity index is 464. The summed E-state index contributed by atoms with van der Waals surface area (Å²) in [6, 6.07) is 0.752. The molecule has 1 aromatic rings. The molecule has 9 heteroatoms. The average Bonchev–Trinajstić information content (AvgIpc) is 2.18. The Morgan fingerprint density at radius 2 is 2.11 bits per heavy atom. The second kappa shape index (κ2) is 5.38. The maximum atomic E-state index is 13.4. The molecule has 0 aromatic carbocycles. The quantitative estimate of drug-likeness (QED) is 0.525. The Balaban J connectivity index is 3.14. The molecule has 0 amide bonds. The number of carbonyl (C=O) groups is 1. The number of aliphatic carboxylic acids is 1. The Morgan fingerprint density at radius 3 is 2.56 bits per heavy atom. The molecule has 1 heterocycles. The maximum Gasteiger partial charge on any atom is 0.574 e. The molecule has 1 N–H and O–H groups in total. The third-order valence-electron chi connectivity index (χ3n) is 1.83. The minimum Gasteiger partial charge on any atom is -0.481 e. The van der Waals surface area contributed by atoms with Crippen LogP contribution in [0.15, 0.2) is 6.07 Å². The number of ether oxygens (including phenoxy) is 1. The molecular formula is C9H6ClF4NO3. The molecule has 0 unspecified atom stereocenters. The molecule has 0 saturated heterocycles. The monoisotopic (exact) mass is 287 g/mol. The van der Waals surface area contributed by atoms with Crippen molar-refractivity contribution >= 4 is 17.6 Å². The Kier molecular flexibility index (Phi) is 4.33. The number of carboxylic acids is 1. The van der Waals surface area contributed by atoms with E-state index in [1.165, 1.54) is 0 Å². The lowest BCUT2D eigenvalue weighted by Crippen LogP contribution is -2.19. The molecule has 0 aliphatic heterocycles. The molecule has 0 aliphatic carbocycles. The van der Waals surface area contributed by atoms with Gasteiger partial charge in [0.1, 0.15) is 0 Å². The molecule has 0 atom stereocenters. The summed E-state index contributed by atoms with van der Waals surface area (Å²) in [5.41, 5.74) is -0.488. The number of hydrogen-bond donors (Lipinski definition) is 1. The molecule has 0 saturated carbocycles. The van der Waals surface area contributed by atoms with Crippen LogP contribution in [0, 0.1) is 5.95 Å². The summed E-state index contributed by atoms with van der Waals surface area (Å²) in [4.78, 5) is 13.3. The van der Waals surface area contributed by atoms with Crippen LogP contribution in [0.2, 0.25) is 0 Å². The number of halogens is 5.